The van der Waals surface area contributed by atoms with Crippen LogP contribution >= 0.6 is 23.1 Å². The third-order valence-electron chi connectivity index (χ3n) is 3.39. The quantitative estimate of drug-likeness (QED) is 0.763. The van der Waals surface area contributed by atoms with Crippen molar-refractivity contribution in [2.24, 2.45) is 4.99 Å². The van der Waals surface area contributed by atoms with Gasteiger partial charge in [-0.3, -0.25) is 14.5 Å². The minimum absolute atomic E-state index is 0.0628. The lowest BCUT2D eigenvalue weighted by Crippen LogP contribution is -2.23. The number of rotatable bonds is 6. The van der Waals surface area contributed by atoms with Crippen LogP contribution in [-0.2, 0) is 9.59 Å². The van der Waals surface area contributed by atoms with Gasteiger partial charge in [-0.25, -0.2) is 4.98 Å². The number of thiazole rings is 1. The van der Waals surface area contributed by atoms with Crippen molar-refractivity contribution in [2.75, 3.05) is 13.7 Å². The molecule has 2 heterocycles. The highest BCUT2D eigenvalue weighted by atomic mass is 32.2. The SMILES string of the molecule is CN1C(=O)/C(=C\c2ccccc2OCCC(=O)O)S/C1=N/c1nccs1. The second kappa shape index (κ2) is 8.15. The van der Waals surface area contributed by atoms with Crippen LogP contribution in [0.1, 0.15) is 12.0 Å². The largest absolute Gasteiger partial charge is 0.492 e. The minimum Gasteiger partial charge on any atom is -0.492 e. The average molecular weight is 389 g/mol. The monoisotopic (exact) mass is 389 g/mol. The Morgan fingerprint density at radius 3 is 2.96 bits per heavy atom. The van der Waals surface area contributed by atoms with Crippen LogP contribution in [0.3, 0.4) is 0 Å². The van der Waals surface area contributed by atoms with E-state index in [1.165, 1.54) is 28.0 Å². The van der Waals surface area contributed by atoms with Crippen molar-refractivity contribution in [3.8, 4) is 5.75 Å². The van der Waals surface area contributed by atoms with Crippen molar-refractivity contribution in [2.45, 2.75) is 6.42 Å². The summed E-state index contributed by atoms with van der Waals surface area (Å²) in [5, 5.41) is 11.7. The van der Waals surface area contributed by atoms with Crippen LogP contribution in [0.2, 0.25) is 0 Å². The van der Waals surface area contributed by atoms with Crippen LogP contribution < -0.4 is 4.74 Å². The molecule has 1 saturated heterocycles. The molecule has 1 amide bonds. The number of carboxylic acid groups (broad SMARTS) is 1. The molecule has 1 aromatic heterocycles. The molecular formula is C17H15N3O4S2. The van der Waals surface area contributed by atoms with Crippen LogP contribution in [0.25, 0.3) is 6.08 Å². The van der Waals surface area contributed by atoms with Gasteiger partial charge >= 0.3 is 5.97 Å². The summed E-state index contributed by atoms with van der Waals surface area (Å²) in [4.78, 5) is 33.6. The van der Waals surface area contributed by atoms with Gasteiger partial charge in [0.05, 0.1) is 17.9 Å². The molecule has 134 valence electrons. The number of aliphatic carboxylic acids is 1. The first kappa shape index (κ1) is 18.2. The number of ether oxygens (including phenoxy) is 1. The van der Waals surface area contributed by atoms with E-state index < -0.39 is 5.97 Å². The molecule has 26 heavy (non-hydrogen) atoms. The highest BCUT2D eigenvalue weighted by Gasteiger charge is 2.30. The van der Waals surface area contributed by atoms with Crippen molar-refractivity contribution in [1.82, 2.24) is 9.88 Å². The van der Waals surface area contributed by atoms with Crippen LogP contribution in [0, 0.1) is 0 Å². The van der Waals surface area contributed by atoms with Gasteiger partial charge < -0.3 is 9.84 Å². The third-order valence-corrected chi connectivity index (χ3v) is 5.12. The Hall–Kier alpha value is -2.65. The molecule has 1 aliphatic rings. The van der Waals surface area contributed by atoms with Crippen molar-refractivity contribution in [3.05, 3.63) is 46.3 Å². The zero-order valence-electron chi connectivity index (χ0n) is 13.8. The van der Waals surface area contributed by atoms with Crippen molar-refractivity contribution in [3.63, 3.8) is 0 Å². The molecule has 1 aliphatic heterocycles. The lowest BCUT2D eigenvalue weighted by Gasteiger charge is -2.08. The highest BCUT2D eigenvalue weighted by Crippen LogP contribution is 2.34. The molecule has 1 fully saturated rings. The van der Waals surface area contributed by atoms with Gasteiger partial charge in [-0.2, -0.15) is 4.99 Å². The van der Waals surface area contributed by atoms with Crippen molar-refractivity contribution in [1.29, 1.82) is 0 Å². The Bertz CT molecular complexity index is 878. The van der Waals surface area contributed by atoms with E-state index in [4.69, 9.17) is 9.84 Å². The summed E-state index contributed by atoms with van der Waals surface area (Å²) in [6, 6.07) is 7.18. The first-order chi connectivity index (χ1) is 12.5. The third kappa shape index (κ3) is 4.30. The molecule has 0 aliphatic carbocycles. The van der Waals surface area contributed by atoms with E-state index >= 15 is 0 Å². The summed E-state index contributed by atoms with van der Waals surface area (Å²) in [6.45, 7) is 0.0628. The molecule has 0 unspecified atom stereocenters. The number of aromatic nitrogens is 1. The van der Waals surface area contributed by atoms with E-state index in [1.54, 1.807) is 31.5 Å². The van der Waals surface area contributed by atoms with Gasteiger partial charge in [-0.15, -0.1) is 11.3 Å². The first-order valence-corrected chi connectivity index (χ1v) is 9.33. The highest BCUT2D eigenvalue weighted by molar-refractivity contribution is 8.18. The maximum Gasteiger partial charge on any atom is 0.306 e. The number of benzene rings is 1. The van der Waals surface area contributed by atoms with Gasteiger partial charge in [0.15, 0.2) is 5.17 Å². The van der Waals surface area contributed by atoms with Gasteiger partial charge in [0, 0.05) is 24.2 Å². The van der Waals surface area contributed by atoms with Gasteiger partial charge in [-0.1, -0.05) is 18.2 Å². The number of carbonyl (C=O) groups is 2. The number of thioether (sulfide) groups is 1. The molecule has 7 nitrogen and oxygen atoms in total. The molecule has 0 atom stereocenters. The van der Waals surface area contributed by atoms with Gasteiger partial charge in [0.2, 0.25) is 5.13 Å². The van der Waals surface area contributed by atoms with Crippen LogP contribution in [0.5, 0.6) is 5.75 Å². The molecule has 0 bridgehead atoms. The summed E-state index contributed by atoms with van der Waals surface area (Å²) < 4.78 is 5.53. The predicted octanol–water partition coefficient (Wildman–Crippen LogP) is 3.23. The van der Waals surface area contributed by atoms with Crippen LogP contribution in [0.15, 0.2) is 45.7 Å². The molecule has 1 N–H and O–H groups in total. The molecule has 0 saturated carbocycles. The maximum absolute atomic E-state index is 12.5. The van der Waals surface area contributed by atoms with E-state index in [1.807, 2.05) is 17.5 Å². The fourth-order valence-corrected chi connectivity index (χ4v) is 3.65. The van der Waals surface area contributed by atoms with E-state index in [0.717, 1.165) is 0 Å². The van der Waals surface area contributed by atoms with E-state index in [2.05, 4.69) is 9.98 Å². The Balaban J connectivity index is 1.82. The number of hydrogen-bond acceptors (Lipinski definition) is 7. The number of likely N-dealkylation sites (N-methyl/N-ethyl adjacent to an activating group) is 1. The molecule has 0 radical (unpaired) electrons. The van der Waals surface area contributed by atoms with E-state index in [0.29, 0.717) is 26.5 Å². The molecular weight excluding hydrogens is 374 g/mol. The normalized spacial score (nSPS) is 17.3. The van der Waals surface area contributed by atoms with Gasteiger partial charge in [0.1, 0.15) is 5.75 Å². The minimum atomic E-state index is -0.924. The predicted molar refractivity (Wildman–Crippen MR) is 102 cm³/mol. The summed E-state index contributed by atoms with van der Waals surface area (Å²) in [7, 11) is 1.66. The molecule has 1 aromatic carbocycles. The Morgan fingerprint density at radius 2 is 2.23 bits per heavy atom. The number of amides is 1. The lowest BCUT2D eigenvalue weighted by atomic mass is 10.2. The maximum atomic E-state index is 12.5. The number of carbonyl (C=O) groups excluding carboxylic acids is 1. The summed E-state index contributed by atoms with van der Waals surface area (Å²) >= 11 is 2.66. The van der Waals surface area contributed by atoms with Crippen molar-refractivity contribution < 1.29 is 19.4 Å². The second-order valence-corrected chi connectivity index (χ2v) is 7.10. The summed E-state index contributed by atoms with van der Waals surface area (Å²) in [6.07, 6.45) is 3.29. The Morgan fingerprint density at radius 1 is 1.42 bits per heavy atom. The molecule has 0 spiro atoms. The van der Waals surface area contributed by atoms with E-state index in [-0.39, 0.29) is 18.9 Å². The second-order valence-electron chi connectivity index (χ2n) is 5.21. The van der Waals surface area contributed by atoms with Gasteiger partial charge in [-0.05, 0) is 23.9 Å². The topological polar surface area (TPSA) is 92.1 Å². The number of amidine groups is 1. The standard InChI is InChI=1S/C17H15N3O4S2/c1-20-15(23)13(26-17(20)19-16-18-7-9-25-16)10-11-4-2-3-5-12(11)24-8-6-14(21)22/h2-5,7,9-10H,6,8H2,1H3,(H,21,22)/b13-10+,19-17+. The molecule has 3 rings (SSSR count). The van der Waals surface area contributed by atoms with Crippen molar-refractivity contribution >= 4 is 51.4 Å². The molecule has 9 heteroatoms. The number of para-hydroxylation sites is 1. The fourth-order valence-electron chi connectivity index (χ4n) is 2.13. The number of carboxylic acids is 1. The summed E-state index contributed by atoms with van der Waals surface area (Å²) in [5.74, 6) is -0.555. The Labute approximate surface area is 158 Å². The number of aliphatic imine (C=N–C) groups is 1. The number of nitrogens with zero attached hydrogens (tertiary/aromatic N) is 3. The van der Waals surface area contributed by atoms with E-state index in [9.17, 15) is 9.59 Å². The van der Waals surface area contributed by atoms with Gasteiger partial charge in [0.25, 0.3) is 5.91 Å². The van der Waals surface area contributed by atoms with Crippen LogP contribution in [0.4, 0.5) is 5.13 Å². The number of hydrogen-bond donors (Lipinski definition) is 1. The average Bonchev–Trinajstić information content (AvgIpc) is 3.21. The lowest BCUT2D eigenvalue weighted by molar-refractivity contribution is -0.137. The first-order valence-electron chi connectivity index (χ1n) is 7.64. The zero-order valence-corrected chi connectivity index (χ0v) is 15.4. The summed E-state index contributed by atoms with van der Waals surface area (Å²) in [5.41, 5.74) is 0.706. The van der Waals surface area contributed by atoms with Crippen LogP contribution in [-0.4, -0.2) is 45.7 Å². The Kier molecular flexibility index (Phi) is 5.69. The molecule has 2 aromatic rings. The zero-order chi connectivity index (χ0) is 18.5. The fraction of sp³-hybridized carbons (Fsp3) is 0.176. The smallest absolute Gasteiger partial charge is 0.306 e.